The van der Waals surface area contributed by atoms with E-state index in [9.17, 15) is 26.7 Å². The van der Waals surface area contributed by atoms with Crippen molar-refractivity contribution in [3.63, 3.8) is 0 Å². The van der Waals surface area contributed by atoms with Gasteiger partial charge in [-0.05, 0) is 80.8 Å². The first-order valence-corrected chi connectivity index (χ1v) is 17.0. The molecule has 46 heavy (non-hydrogen) atoms. The van der Waals surface area contributed by atoms with Gasteiger partial charge in [-0.3, -0.25) is 0 Å². The summed E-state index contributed by atoms with van der Waals surface area (Å²) >= 11 is 0. The molecule has 1 N–H and O–H groups in total. The number of fused-ring (bicyclic) bond motifs is 3. The number of nitrogens with zero attached hydrogens (tertiary/aromatic N) is 2. The van der Waals surface area contributed by atoms with Crippen molar-refractivity contribution in [3.05, 3.63) is 70.3 Å². The van der Waals surface area contributed by atoms with Crippen LogP contribution in [0.1, 0.15) is 67.5 Å². The molecule has 2 heterocycles. The highest BCUT2D eigenvalue weighted by atomic mass is 32.2. The van der Waals surface area contributed by atoms with E-state index in [0.717, 1.165) is 17.2 Å². The van der Waals surface area contributed by atoms with E-state index in [4.69, 9.17) is 14.2 Å². The van der Waals surface area contributed by atoms with Gasteiger partial charge in [0.1, 0.15) is 18.5 Å². The number of aromatic nitrogens is 2. The van der Waals surface area contributed by atoms with E-state index >= 15 is 4.39 Å². The molecule has 6 rings (SSSR count). The normalized spacial score (nSPS) is 24.5. The van der Waals surface area contributed by atoms with Crippen LogP contribution in [0.4, 0.5) is 17.6 Å². The first-order valence-electron chi connectivity index (χ1n) is 15.1. The summed E-state index contributed by atoms with van der Waals surface area (Å²) in [6, 6.07) is 6.20. The maximum Gasteiger partial charge on any atom is 0.417 e. The third-order valence-corrected chi connectivity index (χ3v) is 10.6. The molecular weight excluding hydrogens is 628 g/mol. The molecule has 2 aromatic heterocycles. The molecule has 8 nitrogen and oxygen atoms in total. The van der Waals surface area contributed by atoms with Gasteiger partial charge >= 0.3 is 6.18 Å². The predicted molar refractivity (Wildman–Crippen MR) is 160 cm³/mol. The van der Waals surface area contributed by atoms with Gasteiger partial charge in [0.2, 0.25) is 11.8 Å². The molecule has 0 bridgehead atoms. The molecule has 13 heteroatoms. The third-order valence-electron chi connectivity index (χ3n) is 9.01. The number of aliphatic hydroxyl groups is 1. The Morgan fingerprint density at radius 3 is 2.41 bits per heavy atom. The van der Waals surface area contributed by atoms with Gasteiger partial charge < -0.3 is 19.3 Å². The standard InChI is InChI=1S/C33H36F4N2O6S/c1-16-21(6-7-27(39-16)44-19-11-20(12-19)46(5,41)42)22-9-18(26(34)13-25(22)33(35,36)37)15-43-28-10-17-8-23-29(24(17)14-38-28)30(23)31(40)45-32(2,3)4/h6-7,9-10,13-14,19-20,23,29-31,40H,8,11-12,15H2,1-5H3/t19?,20?,23-,29-,30+,31?/m1/s1. The molecule has 2 saturated carbocycles. The molecular formula is C33H36F4N2O6S. The molecule has 1 unspecified atom stereocenters. The van der Waals surface area contributed by atoms with Gasteiger partial charge in [0.05, 0.1) is 16.4 Å². The average molecular weight is 665 g/mol. The Balaban J connectivity index is 1.17. The van der Waals surface area contributed by atoms with Crippen LogP contribution >= 0.6 is 0 Å². The SMILES string of the molecule is Cc1nc(OC2CC(S(C)(=O)=O)C2)ccc1-c1cc(COc2cc3c(cn2)[C@H]2[C@@H](C3)[C@@H]2C(O)OC(C)(C)C)c(F)cc1C(F)(F)F. The number of aliphatic hydroxyl groups excluding tert-OH is 1. The molecule has 3 aliphatic carbocycles. The number of ether oxygens (including phenoxy) is 3. The number of aryl methyl sites for hydroxylation is 1. The Morgan fingerprint density at radius 2 is 1.78 bits per heavy atom. The van der Waals surface area contributed by atoms with Crippen LogP contribution in [0.25, 0.3) is 11.1 Å². The van der Waals surface area contributed by atoms with Crippen LogP contribution < -0.4 is 9.47 Å². The number of hydrogen-bond acceptors (Lipinski definition) is 8. The zero-order chi connectivity index (χ0) is 33.3. The second-order valence-electron chi connectivity index (χ2n) is 13.5. The van der Waals surface area contributed by atoms with Gasteiger partial charge in [-0.1, -0.05) is 0 Å². The minimum absolute atomic E-state index is 0.0102. The van der Waals surface area contributed by atoms with Gasteiger partial charge in [-0.15, -0.1) is 0 Å². The largest absolute Gasteiger partial charge is 0.474 e. The second kappa shape index (κ2) is 11.4. The fourth-order valence-corrected chi connectivity index (χ4v) is 7.72. The molecule has 4 atom stereocenters. The lowest BCUT2D eigenvalue weighted by molar-refractivity contribution is -0.178. The van der Waals surface area contributed by atoms with Crippen molar-refractivity contribution in [1.29, 1.82) is 0 Å². The molecule has 1 aromatic carbocycles. The quantitative estimate of drug-likeness (QED) is 0.214. The van der Waals surface area contributed by atoms with Crippen LogP contribution in [-0.4, -0.2) is 53.0 Å². The zero-order valence-electron chi connectivity index (χ0n) is 26.1. The number of rotatable bonds is 9. The fourth-order valence-electron chi connectivity index (χ4n) is 6.59. The highest BCUT2D eigenvalue weighted by molar-refractivity contribution is 7.91. The van der Waals surface area contributed by atoms with Gasteiger partial charge in [0.15, 0.2) is 16.1 Å². The summed E-state index contributed by atoms with van der Waals surface area (Å²) in [6.07, 6.45) is -1.89. The number of sulfone groups is 1. The lowest BCUT2D eigenvalue weighted by Gasteiger charge is -2.33. The van der Waals surface area contributed by atoms with E-state index < -0.39 is 44.5 Å². The zero-order valence-corrected chi connectivity index (χ0v) is 26.9. The summed E-state index contributed by atoms with van der Waals surface area (Å²) in [5, 5.41) is 10.0. The van der Waals surface area contributed by atoms with E-state index in [1.165, 1.54) is 25.3 Å². The van der Waals surface area contributed by atoms with E-state index in [1.54, 1.807) is 12.3 Å². The van der Waals surface area contributed by atoms with Crippen LogP contribution in [0.5, 0.6) is 11.8 Å². The van der Waals surface area contributed by atoms with Crippen molar-refractivity contribution in [1.82, 2.24) is 9.97 Å². The number of hydrogen-bond donors (Lipinski definition) is 1. The minimum atomic E-state index is -4.84. The molecule has 0 spiro atoms. The van der Waals surface area contributed by atoms with Crippen molar-refractivity contribution < 1.29 is 45.3 Å². The molecule has 0 aliphatic heterocycles. The molecule has 2 fully saturated rings. The van der Waals surface area contributed by atoms with Crippen molar-refractivity contribution >= 4 is 9.84 Å². The summed E-state index contributed by atoms with van der Waals surface area (Å²) in [7, 11) is -3.17. The Labute approximate surface area is 265 Å². The van der Waals surface area contributed by atoms with Crippen LogP contribution in [0, 0.1) is 24.6 Å². The number of pyridine rings is 2. The molecule has 3 aromatic rings. The fraction of sp³-hybridized carbons (Fsp3) is 0.515. The summed E-state index contributed by atoms with van der Waals surface area (Å²) in [4.78, 5) is 8.66. The van der Waals surface area contributed by atoms with Crippen LogP contribution in [0.15, 0.2) is 36.5 Å². The van der Waals surface area contributed by atoms with E-state index in [2.05, 4.69) is 9.97 Å². The predicted octanol–water partition coefficient (Wildman–Crippen LogP) is 6.16. The van der Waals surface area contributed by atoms with Gasteiger partial charge in [0, 0.05) is 60.2 Å². The lowest BCUT2D eigenvalue weighted by atomic mass is 9.95. The highest BCUT2D eigenvalue weighted by Crippen LogP contribution is 2.63. The summed E-state index contributed by atoms with van der Waals surface area (Å²) < 4.78 is 97.8. The minimum Gasteiger partial charge on any atom is -0.474 e. The Hall–Kier alpha value is -3.29. The van der Waals surface area contributed by atoms with Crippen molar-refractivity contribution in [3.8, 4) is 22.9 Å². The Kier molecular flexibility index (Phi) is 8.12. The Bertz CT molecular complexity index is 1770. The molecule has 0 amide bonds. The molecule has 248 valence electrons. The summed E-state index contributed by atoms with van der Waals surface area (Å²) in [5.74, 6) is -0.325. The topological polar surface area (TPSA) is 108 Å². The van der Waals surface area contributed by atoms with Gasteiger partial charge in [0.25, 0.3) is 0 Å². The average Bonchev–Trinajstić information content (AvgIpc) is 3.49. The molecule has 3 aliphatic rings. The van der Waals surface area contributed by atoms with Crippen molar-refractivity contribution in [2.75, 3.05) is 6.26 Å². The van der Waals surface area contributed by atoms with Crippen LogP contribution in [-0.2, 0) is 33.8 Å². The lowest BCUT2D eigenvalue weighted by Crippen LogP contribution is -2.42. The maximum absolute atomic E-state index is 15.0. The first-order chi connectivity index (χ1) is 21.4. The van der Waals surface area contributed by atoms with Crippen LogP contribution in [0.3, 0.4) is 0 Å². The number of halogens is 4. The van der Waals surface area contributed by atoms with Crippen molar-refractivity contribution in [2.45, 2.75) is 88.9 Å². The maximum atomic E-state index is 15.0. The Morgan fingerprint density at radius 1 is 1.07 bits per heavy atom. The van der Waals surface area contributed by atoms with Gasteiger partial charge in [-0.2, -0.15) is 13.2 Å². The van der Waals surface area contributed by atoms with Crippen molar-refractivity contribution in [2.24, 2.45) is 11.8 Å². The van der Waals surface area contributed by atoms with E-state index in [-0.39, 0.29) is 64.6 Å². The number of alkyl halides is 3. The van der Waals surface area contributed by atoms with E-state index in [1.807, 2.05) is 20.8 Å². The summed E-state index contributed by atoms with van der Waals surface area (Å²) in [5.41, 5.74) is 0.421. The molecule has 0 saturated heterocycles. The van der Waals surface area contributed by atoms with E-state index in [0.29, 0.717) is 25.3 Å². The highest BCUT2D eigenvalue weighted by Gasteiger charge is 2.59. The first kappa shape index (κ1) is 32.6. The third kappa shape index (κ3) is 6.59. The van der Waals surface area contributed by atoms with Gasteiger partial charge in [-0.25, -0.2) is 22.8 Å². The monoisotopic (exact) mass is 664 g/mol. The molecule has 0 radical (unpaired) electrons. The summed E-state index contributed by atoms with van der Waals surface area (Å²) in [6.45, 7) is 6.83. The second-order valence-corrected chi connectivity index (χ2v) is 15.9. The van der Waals surface area contributed by atoms with Crippen LogP contribution in [0.2, 0.25) is 0 Å². The smallest absolute Gasteiger partial charge is 0.417 e. The number of benzene rings is 1.